The van der Waals surface area contributed by atoms with Crippen molar-refractivity contribution in [3.63, 3.8) is 0 Å². The van der Waals surface area contributed by atoms with Crippen LogP contribution in [0.5, 0.6) is 0 Å². The van der Waals surface area contributed by atoms with Gasteiger partial charge in [-0.25, -0.2) is 10.8 Å². The van der Waals surface area contributed by atoms with Crippen LogP contribution in [0.2, 0.25) is 0 Å². The first kappa shape index (κ1) is 7.75. The minimum absolute atomic E-state index is 0.137. The number of hydrogen-bond donors (Lipinski definition) is 3. The highest BCUT2D eigenvalue weighted by Gasteiger charge is 1.99. The van der Waals surface area contributed by atoms with Gasteiger partial charge >= 0.3 is 0 Å². The van der Waals surface area contributed by atoms with Gasteiger partial charge in [0.2, 0.25) is 5.56 Å². The summed E-state index contributed by atoms with van der Waals surface area (Å²) in [5.74, 6) is 5.80. The van der Waals surface area contributed by atoms with E-state index in [1.54, 1.807) is 18.3 Å². The molecule has 2 aromatic heterocycles. The summed E-state index contributed by atoms with van der Waals surface area (Å²) in [5.41, 5.74) is 3.04. The Hall–Kier alpha value is -1.88. The number of nitrogens with two attached hydrogens (primary N) is 1. The topological polar surface area (TPSA) is 83.8 Å². The number of anilines is 1. The van der Waals surface area contributed by atoms with E-state index in [9.17, 15) is 4.79 Å². The van der Waals surface area contributed by atoms with Gasteiger partial charge in [0.15, 0.2) is 0 Å². The van der Waals surface area contributed by atoms with E-state index in [0.29, 0.717) is 5.82 Å². The predicted octanol–water partition coefficient (Wildman–Crippen LogP) is 0.209. The number of nitrogen functional groups attached to an aromatic ring is 1. The fraction of sp³-hybridized carbons (Fsp3) is 0. The second-order valence-electron chi connectivity index (χ2n) is 2.59. The van der Waals surface area contributed by atoms with Crippen LogP contribution in [-0.2, 0) is 0 Å². The largest absolute Gasteiger partial charge is 0.322 e. The molecule has 0 spiro atoms. The Kier molecular flexibility index (Phi) is 1.71. The van der Waals surface area contributed by atoms with Crippen LogP contribution in [0, 0.1) is 0 Å². The van der Waals surface area contributed by atoms with Gasteiger partial charge in [-0.05, 0) is 12.1 Å². The van der Waals surface area contributed by atoms with E-state index in [2.05, 4.69) is 15.4 Å². The standard InChI is InChI=1S/C8H8N4O/c9-12-8-5-1-2-7(13)11-6(5)3-4-10-8/h1-4H,9H2,(H,10,12)(H,11,13). The van der Waals surface area contributed by atoms with Crippen molar-refractivity contribution in [3.05, 3.63) is 34.7 Å². The fourth-order valence-corrected chi connectivity index (χ4v) is 1.20. The molecule has 0 saturated heterocycles. The Morgan fingerprint density at radius 2 is 2.23 bits per heavy atom. The highest BCUT2D eigenvalue weighted by molar-refractivity contribution is 5.88. The summed E-state index contributed by atoms with van der Waals surface area (Å²) in [5, 5.41) is 0.796. The molecule has 0 aliphatic rings. The molecule has 0 saturated carbocycles. The molecule has 5 heteroatoms. The lowest BCUT2D eigenvalue weighted by Crippen LogP contribution is -2.10. The number of nitrogens with one attached hydrogen (secondary N) is 2. The molecule has 2 rings (SSSR count). The Morgan fingerprint density at radius 3 is 3.00 bits per heavy atom. The molecular weight excluding hydrogens is 168 g/mol. The van der Waals surface area contributed by atoms with E-state index < -0.39 is 0 Å². The lowest BCUT2D eigenvalue weighted by molar-refractivity contribution is 1.23. The highest BCUT2D eigenvalue weighted by Crippen LogP contribution is 2.15. The second kappa shape index (κ2) is 2.87. The molecular formula is C8H8N4O. The zero-order chi connectivity index (χ0) is 9.26. The molecule has 0 atom stereocenters. The Bertz CT molecular complexity index is 491. The maximum atomic E-state index is 11.0. The lowest BCUT2D eigenvalue weighted by Gasteiger charge is -2.02. The van der Waals surface area contributed by atoms with Crippen molar-refractivity contribution < 1.29 is 0 Å². The third-order valence-corrected chi connectivity index (χ3v) is 1.79. The summed E-state index contributed by atoms with van der Waals surface area (Å²) in [4.78, 5) is 17.6. The van der Waals surface area contributed by atoms with Crippen LogP contribution in [0.4, 0.5) is 5.82 Å². The van der Waals surface area contributed by atoms with Crippen LogP contribution in [0.15, 0.2) is 29.2 Å². The van der Waals surface area contributed by atoms with Gasteiger partial charge in [-0.2, -0.15) is 0 Å². The molecule has 0 aliphatic carbocycles. The van der Waals surface area contributed by atoms with Gasteiger partial charge in [-0.3, -0.25) is 4.79 Å². The molecule has 2 heterocycles. The van der Waals surface area contributed by atoms with E-state index in [-0.39, 0.29) is 5.56 Å². The van der Waals surface area contributed by atoms with Crippen LogP contribution in [0.25, 0.3) is 10.9 Å². The highest BCUT2D eigenvalue weighted by atomic mass is 16.1. The van der Waals surface area contributed by atoms with Crippen LogP contribution >= 0.6 is 0 Å². The zero-order valence-corrected chi connectivity index (χ0v) is 6.74. The quantitative estimate of drug-likeness (QED) is 0.428. The molecule has 0 radical (unpaired) electrons. The van der Waals surface area contributed by atoms with E-state index in [0.717, 1.165) is 10.9 Å². The first-order chi connectivity index (χ1) is 6.31. The van der Waals surface area contributed by atoms with Gasteiger partial charge in [-0.15, -0.1) is 0 Å². The number of pyridine rings is 2. The number of hydrogen-bond acceptors (Lipinski definition) is 4. The molecule has 0 bridgehead atoms. The molecule has 0 fully saturated rings. The molecule has 0 amide bonds. The van der Waals surface area contributed by atoms with Crippen molar-refractivity contribution in [3.8, 4) is 0 Å². The smallest absolute Gasteiger partial charge is 0.248 e. The van der Waals surface area contributed by atoms with Crippen molar-refractivity contribution in [1.29, 1.82) is 0 Å². The summed E-state index contributed by atoms with van der Waals surface area (Å²) >= 11 is 0. The summed E-state index contributed by atoms with van der Waals surface area (Å²) in [7, 11) is 0. The number of rotatable bonds is 1. The first-order valence-corrected chi connectivity index (χ1v) is 3.76. The third-order valence-electron chi connectivity index (χ3n) is 1.79. The van der Waals surface area contributed by atoms with Gasteiger partial charge in [0.05, 0.1) is 5.52 Å². The summed E-state index contributed by atoms with van der Waals surface area (Å²) in [6.07, 6.45) is 1.58. The van der Waals surface area contributed by atoms with Crippen LogP contribution in [-0.4, -0.2) is 9.97 Å². The Labute approximate surface area is 73.6 Å². The second-order valence-corrected chi connectivity index (χ2v) is 2.59. The molecule has 0 aliphatic heterocycles. The monoisotopic (exact) mass is 176 g/mol. The number of nitrogens with zero attached hydrogens (tertiary/aromatic N) is 1. The van der Waals surface area contributed by atoms with Gasteiger partial charge in [0, 0.05) is 17.6 Å². The van der Waals surface area contributed by atoms with Gasteiger partial charge in [-0.1, -0.05) is 0 Å². The average molecular weight is 176 g/mol. The molecule has 66 valence electrons. The minimum Gasteiger partial charge on any atom is -0.322 e. The SMILES string of the molecule is NNc1nccc2[nH]c(=O)ccc12. The predicted molar refractivity (Wildman–Crippen MR) is 50.2 cm³/mol. The first-order valence-electron chi connectivity index (χ1n) is 3.76. The fourth-order valence-electron chi connectivity index (χ4n) is 1.20. The third kappa shape index (κ3) is 1.25. The van der Waals surface area contributed by atoms with Gasteiger partial charge < -0.3 is 10.4 Å². The normalized spacial score (nSPS) is 10.2. The summed E-state index contributed by atoms with van der Waals surface area (Å²) in [6, 6.07) is 4.83. The summed E-state index contributed by atoms with van der Waals surface area (Å²) in [6.45, 7) is 0. The number of aromatic amines is 1. The van der Waals surface area contributed by atoms with E-state index in [1.807, 2.05) is 0 Å². The molecule has 5 nitrogen and oxygen atoms in total. The van der Waals surface area contributed by atoms with Gasteiger partial charge in [0.25, 0.3) is 0 Å². The number of fused-ring (bicyclic) bond motifs is 1. The van der Waals surface area contributed by atoms with E-state index >= 15 is 0 Å². The van der Waals surface area contributed by atoms with Gasteiger partial charge in [0.1, 0.15) is 5.82 Å². The average Bonchev–Trinajstić information content (AvgIpc) is 2.16. The van der Waals surface area contributed by atoms with Crippen molar-refractivity contribution in [1.82, 2.24) is 9.97 Å². The number of H-pyrrole nitrogens is 1. The molecule has 13 heavy (non-hydrogen) atoms. The van der Waals surface area contributed by atoms with Crippen molar-refractivity contribution >= 4 is 16.7 Å². The molecule has 0 unspecified atom stereocenters. The van der Waals surface area contributed by atoms with Crippen molar-refractivity contribution in [2.24, 2.45) is 5.84 Å². The van der Waals surface area contributed by atoms with Crippen LogP contribution in [0.3, 0.4) is 0 Å². The lowest BCUT2D eigenvalue weighted by atomic mass is 10.2. The molecule has 4 N–H and O–H groups in total. The Balaban J connectivity index is 2.85. The minimum atomic E-state index is -0.137. The maximum Gasteiger partial charge on any atom is 0.248 e. The van der Waals surface area contributed by atoms with Crippen LogP contribution < -0.4 is 16.8 Å². The maximum absolute atomic E-state index is 11.0. The number of hydrazine groups is 1. The van der Waals surface area contributed by atoms with E-state index in [1.165, 1.54) is 6.07 Å². The molecule has 2 aromatic rings. The Morgan fingerprint density at radius 1 is 1.38 bits per heavy atom. The van der Waals surface area contributed by atoms with E-state index in [4.69, 9.17) is 5.84 Å². The molecule has 0 aromatic carbocycles. The summed E-state index contributed by atoms with van der Waals surface area (Å²) < 4.78 is 0. The van der Waals surface area contributed by atoms with Crippen molar-refractivity contribution in [2.45, 2.75) is 0 Å². The van der Waals surface area contributed by atoms with Crippen LogP contribution in [0.1, 0.15) is 0 Å². The zero-order valence-electron chi connectivity index (χ0n) is 6.74. The number of aromatic nitrogens is 2. The van der Waals surface area contributed by atoms with Crippen molar-refractivity contribution in [2.75, 3.05) is 5.43 Å².